The molecule has 1 saturated heterocycles. The molecule has 1 aliphatic rings. The molecule has 2 N–H and O–H groups in total. The normalized spacial score (nSPS) is 28.7. The topological polar surface area (TPSA) is 24.1 Å². The molecular formula is C11H16N2. The molecule has 1 aromatic rings. The van der Waals surface area contributed by atoms with Crippen LogP contribution in [0.2, 0.25) is 0 Å². The Morgan fingerprint density at radius 1 is 1.15 bits per heavy atom. The third-order valence-corrected chi connectivity index (χ3v) is 2.71. The van der Waals surface area contributed by atoms with E-state index >= 15 is 0 Å². The van der Waals surface area contributed by atoms with E-state index in [9.17, 15) is 0 Å². The van der Waals surface area contributed by atoms with Crippen molar-refractivity contribution in [1.29, 1.82) is 0 Å². The van der Waals surface area contributed by atoms with Gasteiger partial charge in [-0.1, -0.05) is 30.3 Å². The number of hydrogen-bond donors (Lipinski definition) is 2. The predicted molar refractivity (Wildman–Crippen MR) is 54.7 cm³/mol. The summed E-state index contributed by atoms with van der Waals surface area (Å²) in [5.74, 6) is 0. The molecule has 2 heteroatoms. The first-order valence-electron chi connectivity index (χ1n) is 4.82. The third kappa shape index (κ3) is 1.74. The fourth-order valence-electron chi connectivity index (χ4n) is 1.84. The van der Waals surface area contributed by atoms with Crippen LogP contribution in [0.1, 0.15) is 12.5 Å². The monoisotopic (exact) mass is 176 g/mol. The molecule has 1 heterocycles. The second-order valence-electron chi connectivity index (χ2n) is 3.80. The van der Waals surface area contributed by atoms with E-state index in [1.807, 2.05) is 0 Å². The molecule has 1 atom stereocenters. The van der Waals surface area contributed by atoms with Gasteiger partial charge in [-0.2, -0.15) is 0 Å². The van der Waals surface area contributed by atoms with Crippen LogP contribution in [0.25, 0.3) is 0 Å². The van der Waals surface area contributed by atoms with Gasteiger partial charge in [0.2, 0.25) is 0 Å². The molecule has 0 radical (unpaired) electrons. The highest BCUT2D eigenvalue weighted by Gasteiger charge is 2.27. The van der Waals surface area contributed by atoms with Crippen molar-refractivity contribution in [3.8, 4) is 0 Å². The zero-order valence-corrected chi connectivity index (χ0v) is 8.01. The molecule has 1 aromatic carbocycles. The Hall–Kier alpha value is -0.860. The summed E-state index contributed by atoms with van der Waals surface area (Å²) in [6, 6.07) is 10.6. The highest BCUT2D eigenvalue weighted by atomic mass is 15.1. The van der Waals surface area contributed by atoms with Crippen LogP contribution in [0.5, 0.6) is 0 Å². The van der Waals surface area contributed by atoms with E-state index in [1.165, 1.54) is 5.56 Å². The van der Waals surface area contributed by atoms with Crippen LogP contribution in [0.3, 0.4) is 0 Å². The second-order valence-corrected chi connectivity index (χ2v) is 3.80. The average molecular weight is 176 g/mol. The van der Waals surface area contributed by atoms with E-state index in [2.05, 4.69) is 47.9 Å². The summed E-state index contributed by atoms with van der Waals surface area (Å²) in [4.78, 5) is 0. The van der Waals surface area contributed by atoms with Gasteiger partial charge in [-0.05, 0) is 12.5 Å². The van der Waals surface area contributed by atoms with Crippen LogP contribution in [0.4, 0.5) is 0 Å². The van der Waals surface area contributed by atoms with Gasteiger partial charge < -0.3 is 10.6 Å². The first kappa shape index (κ1) is 8.73. The van der Waals surface area contributed by atoms with Crippen LogP contribution < -0.4 is 10.6 Å². The molecule has 0 unspecified atom stereocenters. The molecule has 0 aromatic heterocycles. The van der Waals surface area contributed by atoms with Crippen LogP contribution in [-0.4, -0.2) is 19.6 Å². The lowest BCUT2D eigenvalue weighted by atomic mass is 9.90. The second kappa shape index (κ2) is 3.48. The molecule has 70 valence electrons. The fourth-order valence-corrected chi connectivity index (χ4v) is 1.84. The summed E-state index contributed by atoms with van der Waals surface area (Å²) < 4.78 is 0. The predicted octanol–water partition coefficient (Wildman–Crippen LogP) is 1.09. The number of hydrogen-bond acceptors (Lipinski definition) is 2. The van der Waals surface area contributed by atoms with E-state index in [1.54, 1.807) is 0 Å². The summed E-state index contributed by atoms with van der Waals surface area (Å²) in [7, 11) is 0. The lowest BCUT2D eigenvalue weighted by Gasteiger charge is -2.36. The largest absolute Gasteiger partial charge is 0.313 e. The van der Waals surface area contributed by atoms with Gasteiger partial charge in [0, 0.05) is 19.6 Å². The highest BCUT2D eigenvalue weighted by molar-refractivity contribution is 5.24. The van der Waals surface area contributed by atoms with Gasteiger partial charge in [-0.3, -0.25) is 0 Å². The standard InChI is InChI=1S/C11H16N2/c1-11(9-12-7-8-13-11)10-5-3-2-4-6-10/h2-6,12-13H,7-9H2,1H3/t11-/m1/s1. The smallest absolute Gasteiger partial charge is 0.0532 e. The summed E-state index contributed by atoms with van der Waals surface area (Å²) in [5, 5.41) is 6.96. The number of piperazine rings is 1. The van der Waals surface area contributed by atoms with E-state index in [4.69, 9.17) is 0 Å². The summed E-state index contributed by atoms with van der Waals surface area (Å²) in [6.07, 6.45) is 0. The Morgan fingerprint density at radius 2 is 1.92 bits per heavy atom. The van der Waals surface area contributed by atoms with Crippen molar-refractivity contribution in [1.82, 2.24) is 10.6 Å². The van der Waals surface area contributed by atoms with Gasteiger partial charge in [-0.15, -0.1) is 0 Å². The van der Waals surface area contributed by atoms with E-state index in [0.29, 0.717) is 0 Å². The molecule has 0 spiro atoms. The molecule has 0 saturated carbocycles. The van der Waals surface area contributed by atoms with Gasteiger partial charge >= 0.3 is 0 Å². The maximum Gasteiger partial charge on any atom is 0.0532 e. The third-order valence-electron chi connectivity index (χ3n) is 2.71. The molecule has 13 heavy (non-hydrogen) atoms. The van der Waals surface area contributed by atoms with E-state index < -0.39 is 0 Å². The fraction of sp³-hybridized carbons (Fsp3) is 0.455. The molecule has 1 fully saturated rings. The van der Waals surface area contributed by atoms with Crippen molar-refractivity contribution in [3.63, 3.8) is 0 Å². The van der Waals surface area contributed by atoms with Crippen molar-refractivity contribution in [2.45, 2.75) is 12.5 Å². The Balaban J connectivity index is 2.23. The quantitative estimate of drug-likeness (QED) is 0.669. The minimum atomic E-state index is 0.111. The minimum absolute atomic E-state index is 0.111. The van der Waals surface area contributed by atoms with Gasteiger partial charge in [0.15, 0.2) is 0 Å². The SMILES string of the molecule is C[C@]1(c2ccccc2)CNCCN1. The highest BCUT2D eigenvalue weighted by Crippen LogP contribution is 2.20. The molecule has 1 aliphatic heterocycles. The van der Waals surface area contributed by atoms with E-state index in [-0.39, 0.29) is 5.54 Å². The first-order valence-corrected chi connectivity index (χ1v) is 4.82. The van der Waals surface area contributed by atoms with Crippen LogP contribution in [-0.2, 0) is 5.54 Å². The molecule has 0 bridgehead atoms. The maximum absolute atomic E-state index is 3.55. The molecule has 0 aliphatic carbocycles. The molecule has 2 rings (SSSR count). The Kier molecular flexibility index (Phi) is 2.34. The van der Waals surface area contributed by atoms with Gasteiger partial charge in [0.1, 0.15) is 0 Å². The Labute approximate surface area is 79.4 Å². The molecular weight excluding hydrogens is 160 g/mol. The van der Waals surface area contributed by atoms with Gasteiger partial charge in [0.25, 0.3) is 0 Å². The average Bonchev–Trinajstić information content (AvgIpc) is 2.20. The van der Waals surface area contributed by atoms with Crippen LogP contribution in [0.15, 0.2) is 30.3 Å². The summed E-state index contributed by atoms with van der Waals surface area (Å²) in [6.45, 7) is 5.37. The van der Waals surface area contributed by atoms with Crippen LogP contribution >= 0.6 is 0 Å². The number of nitrogens with one attached hydrogen (secondary N) is 2. The molecule has 2 nitrogen and oxygen atoms in total. The lowest BCUT2D eigenvalue weighted by molar-refractivity contribution is 0.303. The van der Waals surface area contributed by atoms with Crippen LogP contribution in [0, 0.1) is 0 Å². The lowest BCUT2D eigenvalue weighted by Crippen LogP contribution is -2.54. The number of rotatable bonds is 1. The number of benzene rings is 1. The van der Waals surface area contributed by atoms with Gasteiger partial charge in [0.05, 0.1) is 5.54 Å². The van der Waals surface area contributed by atoms with Crippen molar-refractivity contribution in [2.24, 2.45) is 0 Å². The minimum Gasteiger partial charge on any atom is -0.313 e. The van der Waals surface area contributed by atoms with Crippen molar-refractivity contribution < 1.29 is 0 Å². The zero-order chi connectivity index (χ0) is 9.15. The Morgan fingerprint density at radius 3 is 2.54 bits per heavy atom. The van der Waals surface area contributed by atoms with Crippen molar-refractivity contribution in [2.75, 3.05) is 19.6 Å². The zero-order valence-electron chi connectivity index (χ0n) is 8.01. The first-order chi connectivity index (χ1) is 6.31. The maximum atomic E-state index is 3.55. The summed E-state index contributed by atoms with van der Waals surface area (Å²) in [5.41, 5.74) is 1.47. The van der Waals surface area contributed by atoms with E-state index in [0.717, 1.165) is 19.6 Å². The summed E-state index contributed by atoms with van der Waals surface area (Å²) >= 11 is 0. The van der Waals surface area contributed by atoms with Crippen molar-refractivity contribution >= 4 is 0 Å². The van der Waals surface area contributed by atoms with Crippen molar-refractivity contribution in [3.05, 3.63) is 35.9 Å². The Bertz CT molecular complexity index is 263. The van der Waals surface area contributed by atoms with Gasteiger partial charge in [-0.25, -0.2) is 0 Å². The molecule has 0 amide bonds.